The number of aromatic nitrogens is 1. The predicted molar refractivity (Wildman–Crippen MR) is 85.5 cm³/mol. The van der Waals surface area contributed by atoms with E-state index in [1.807, 2.05) is 24.3 Å². The number of benzene rings is 1. The maximum absolute atomic E-state index is 12.5. The van der Waals surface area contributed by atoms with Gasteiger partial charge < -0.3 is 15.2 Å². The van der Waals surface area contributed by atoms with Gasteiger partial charge in [0.25, 0.3) is 5.91 Å². The van der Waals surface area contributed by atoms with E-state index in [2.05, 4.69) is 29.3 Å². The fourth-order valence-corrected chi connectivity index (χ4v) is 3.41. The first kappa shape index (κ1) is 14.1. The number of likely N-dealkylation sites (N-methyl/N-ethyl adjacent to an activating group) is 1. The van der Waals surface area contributed by atoms with E-state index >= 15 is 0 Å². The predicted octanol–water partition coefficient (Wildman–Crippen LogP) is 2.77. The third-order valence-corrected chi connectivity index (χ3v) is 4.89. The number of rotatable bonds is 4. The van der Waals surface area contributed by atoms with Crippen molar-refractivity contribution in [3.05, 3.63) is 36.0 Å². The van der Waals surface area contributed by atoms with Gasteiger partial charge in [-0.3, -0.25) is 4.79 Å². The minimum Gasteiger partial charge on any atom is -0.360 e. The van der Waals surface area contributed by atoms with E-state index in [4.69, 9.17) is 0 Å². The monoisotopic (exact) mass is 285 g/mol. The third kappa shape index (κ3) is 2.56. The van der Waals surface area contributed by atoms with E-state index in [9.17, 15) is 4.79 Å². The fourth-order valence-electron chi connectivity index (χ4n) is 3.41. The molecule has 1 aromatic carbocycles. The van der Waals surface area contributed by atoms with Gasteiger partial charge in [0.1, 0.15) is 0 Å². The van der Waals surface area contributed by atoms with Crippen LogP contribution in [0.5, 0.6) is 0 Å². The lowest BCUT2D eigenvalue weighted by Crippen LogP contribution is -2.50. The van der Waals surface area contributed by atoms with E-state index in [1.165, 1.54) is 12.8 Å². The average molecular weight is 285 g/mol. The highest BCUT2D eigenvalue weighted by Gasteiger charge is 2.36. The number of carbonyl (C=O) groups is 1. The Labute approximate surface area is 125 Å². The zero-order valence-electron chi connectivity index (χ0n) is 12.8. The van der Waals surface area contributed by atoms with Crippen molar-refractivity contribution >= 4 is 16.8 Å². The molecule has 0 unspecified atom stereocenters. The quantitative estimate of drug-likeness (QED) is 0.907. The summed E-state index contributed by atoms with van der Waals surface area (Å²) in [6.07, 6.45) is 6.63. The van der Waals surface area contributed by atoms with Crippen molar-refractivity contribution in [2.75, 3.05) is 20.6 Å². The van der Waals surface area contributed by atoms with Crippen LogP contribution in [-0.4, -0.2) is 42.0 Å². The van der Waals surface area contributed by atoms with Crippen LogP contribution in [0.25, 0.3) is 10.9 Å². The zero-order chi connectivity index (χ0) is 14.9. The normalized spacial score (nSPS) is 17.5. The molecule has 1 fully saturated rings. The Morgan fingerprint density at radius 1 is 1.29 bits per heavy atom. The summed E-state index contributed by atoms with van der Waals surface area (Å²) < 4.78 is 0. The lowest BCUT2D eigenvalue weighted by Gasteiger charge is -2.36. The number of H-pyrrole nitrogens is 1. The van der Waals surface area contributed by atoms with Crippen molar-refractivity contribution in [1.29, 1.82) is 0 Å². The summed E-state index contributed by atoms with van der Waals surface area (Å²) in [4.78, 5) is 17.9. The van der Waals surface area contributed by atoms with Crippen LogP contribution < -0.4 is 5.32 Å². The summed E-state index contributed by atoms with van der Waals surface area (Å²) in [5, 5.41) is 4.13. The van der Waals surface area contributed by atoms with Crippen molar-refractivity contribution < 1.29 is 4.79 Å². The number of para-hydroxylation sites is 1. The molecule has 1 aromatic heterocycles. The highest BCUT2D eigenvalue weighted by atomic mass is 16.1. The standard InChI is InChI=1S/C17H23N3O/c1-20(2)17(9-5-6-10-17)12-19-16(21)14-11-18-15-8-4-3-7-13(14)15/h3-4,7-8,11,18H,5-6,9-10,12H2,1-2H3,(H,19,21). The molecule has 0 radical (unpaired) electrons. The Bertz CT molecular complexity index is 638. The van der Waals surface area contributed by atoms with Gasteiger partial charge in [-0.25, -0.2) is 0 Å². The molecule has 21 heavy (non-hydrogen) atoms. The van der Waals surface area contributed by atoms with Crippen molar-refractivity contribution in [2.45, 2.75) is 31.2 Å². The van der Waals surface area contributed by atoms with Crippen LogP contribution in [-0.2, 0) is 0 Å². The van der Waals surface area contributed by atoms with Gasteiger partial charge in [0, 0.05) is 29.2 Å². The Morgan fingerprint density at radius 2 is 2.00 bits per heavy atom. The molecule has 3 rings (SSSR count). The van der Waals surface area contributed by atoms with Crippen LogP contribution in [0.3, 0.4) is 0 Å². The number of nitrogens with zero attached hydrogens (tertiary/aromatic N) is 1. The summed E-state index contributed by atoms with van der Waals surface area (Å²) in [6, 6.07) is 7.91. The van der Waals surface area contributed by atoms with Gasteiger partial charge in [-0.05, 0) is 33.0 Å². The number of amides is 1. The largest absolute Gasteiger partial charge is 0.360 e. The van der Waals surface area contributed by atoms with Gasteiger partial charge in [0.05, 0.1) is 5.56 Å². The summed E-state index contributed by atoms with van der Waals surface area (Å²) in [7, 11) is 4.23. The van der Waals surface area contributed by atoms with E-state index in [-0.39, 0.29) is 11.4 Å². The molecule has 1 amide bonds. The lowest BCUT2D eigenvalue weighted by molar-refractivity contribution is 0.0901. The molecule has 1 heterocycles. The average Bonchev–Trinajstić information content (AvgIpc) is 3.12. The molecule has 0 spiro atoms. The van der Waals surface area contributed by atoms with Gasteiger partial charge in [0.2, 0.25) is 0 Å². The summed E-state index contributed by atoms with van der Waals surface area (Å²) in [6.45, 7) is 0.721. The second-order valence-corrected chi connectivity index (χ2v) is 6.26. The number of hydrogen-bond donors (Lipinski definition) is 2. The Morgan fingerprint density at radius 3 is 2.71 bits per heavy atom. The molecule has 0 atom stereocenters. The van der Waals surface area contributed by atoms with Crippen molar-refractivity contribution in [3.63, 3.8) is 0 Å². The maximum Gasteiger partial charge on any atom is 0.253 e. The molecule has 2 N–H and O–H groups in total. The van der Waals surface area contributed by atoms with Crippen LogP contribution >= 0.6 is 0 Å². The molecular weight excluding hydrogens is 262 g/mol. The summed E-state index contributed by atoms with van der Waals surface area (Å²) in [5.41, 5.74) is 1.87. The molecule has 1 aliphatic carbocycles. The second kappa shape index (κ2) is 5.53. The number of aromatic amines is 1. The van der Waals surface area contributed by atoms with Gasteiger partial charge in [-0.2, -0.15) is 0 Å². The third-order valence-electron chi connectivity index (χ3n) is 4.89. The van der Waals surface area contributed by atoms with Crippen molar-refractivity contribution in [3.8, 4) is 0 Å². The lowest BCUT2D eigenvalue weighted by atomic mass is 9.96. The minimum absolute atomic E-state index is 0.0144. The first-order valence-electron chi connectivity index (χ1n) is 7.64. The van der Waals surface area contributed by atoms with E-state index in [0.29, 0.717) is 0 Å². The molecule has 1 aliphatic rings. The number of fused-ring (bicyclic) bond motifs is 1. The van der Waals surface area contributed by atoms with Crippen LogP contribution in [0.2, 0.25) is 0 Å². The molecule has 0 saturated heterocycles. The molecule has 4 heteroatoms. The second-order valence-electron chi connectivity index (χ2n) is 6.26. The molecule has 0 bridgehead atoms. The van der Waals surface area contributed by atoms with E-state index < -0.39 is 0 Å². The Hall–Kier alpha value is -1.81. The van der Waals surface area contributed by atoms with Gasteiger partial charge in [0.15, 0.2) is 0 Å². The molecule has 1 saturated carbocycles. The Kier molecular flexibility index (Phi) is 3.72. The SMILES string of the molecule is CN(C)C1(CNC(=O)c2c[nH]c3ccccc23)CCCC1. The molecule has 112 valence electrons. The Balaban J connectivity index is 1.74. The van der Waals surface area contributed by atoms with Crippen LogP contribution in [0.1, 0.15) is 36.0 Å². The highest BCUT2D eigenvalue weighted by molar-refractivity contribution is 6.06. The number of carbonyl (C=O) groups excluding carboxylic acids is 1. The topological polar surface area (TPSA) is 48.1 Å². The number of nitrogens with one attached hydrogen (secondary N) is 2. The summed E-state index contributed by atoms with van der Waals surface area (Å²) >= 11 is 0. The van der Waals surface area contributed by atoms with E-state index in [1.54, 1.807) is 6.20 Å². The smallest absolute Gasteiger partial charge is 0.253 e. The minimum atomic E-state index is 0.0144. The highest BCUT2D eigenvalue weighted by Crippen LogP contribution is 2.33. The fraction of sp³-hybridized carbons (Fsp3) is 0.471. The van der Waals surface area contributed by atoms with Crippen LogP contribution in [0, 0.1) is 0 Å². The maximum atomic E-state index is 12.5. The zero-order valence-corrected chi connectivity index (χ0v) is 12.8. The van der Waals surface area contributed by atoms with Crippen LogP contribution in [0.15, 0.2) is 30.5 Å². The first-order valence-corrected chi connectivity index (χ1v) is 7.64. The van der Waals surface area contributed by atoms with E-state index in [0.717, 1.165) is 35.9 Å². The summed E-state index contributed by atoms with van der Waals surface area (Å²) in [5.74, 6) is 0.0144. The van der Waals surface area contributed by atoms with Gasteiger partial charge in [-0.1, -0.05) is 31.0 Å². The number of hydrogen-bond acceptors (Lipinski definition) is 2. The molecule has 4 nitrogen and oxygen atoms in total. The molecular formula is C17H23N3O. The van der Waals surface area contributed by atoms with Crippen LogP contribution in [0.4, 0.5) is 0 Å². The first-order chi connectivity index (χ1) is 10.1. The molecule has 2 aromatic rings. The van der Waals surface area contributed by atoms with Crippen molar-refractivity contribution in [1.82, 2.24) is 15.2 Å². The molecule has 0 aliphatic heterocycles. The van der Waals surface area contributed by atoms with Gasteiger partial charge in [-0.15, -0.1) is 0 Å². The van der Waals surface area contributed by atoms with Gasteiger partial charge >= 0.3 is 0 Å². The van der Waals surface area contributed by atoms with Crippen molar-refractivity contribution in [2.24, 2.45) is 0 Å².